The van der Waals surface area contributed by atoms with Crippen molar-refractivity contribution < 1.29 is 14.3 Å². The Morgan fingerprint density at radius 1 is 0.838 bits per heavy atom. The predicted molar refractivity (Wildman–Crippen MR) is 138 cm³/mol. The van der Waals surface area contributed by atoms with Gasteiger partial charge in [-0.3, -0.25) is 18.7 Å². The largest absolute Gasteiger partial charge is 0.423 e. The molecule has 0 amide bonds. The van der Waals surface area contributed by atoms with Gasteiger partial charge in [0.1, 0.15) is 11.6 Å². The van der Waals surface area contributed by atoms with Gasteiger partial charge in [-0.1, -0.05) is 54.6 Å². The average molecular weight is 492 g/mol. The lowest BCUT2D eigenvalue weighted by molar-refractivity contribution is 0.0734. The molecule has 3 aromatic carbocycles. The molecule has 0 saturated carbocycles. The molecule has 1 N–H and O–H groups in total. The number of hydrogen-bond acceptors (Lipinski definition) is 6. The summed E-state index contributed by atoms with van der Waals surface area (Å²) >= 11 is 0. The number of hydrogen-bond donors (Lipinski definition) is 1. The highest BCUT2D eigenvalue weighted by Crippen LogP contribution is 2.48. The lowest BCUT2D eigenvalue weighted by atomic mass is 9.81. The molecule has 4 aromatic rings. The number of carbonyl (C=O) groups is 2. The number of allylic oxidation sites excluding steroid dienone is 1. The average Bonchev–Trinajstić information content (AvgIpc) is 3.21. The van der Waals surface area contributed by atoms with Gasteiger partial charge in [-0.25, -0.2) is 9.59 Å². The smallest absolute Gasteiger partial charge is 0.343 e. The molecule has 8 heteroatoms. The zero-order chi connectivity index (χ0) is 25.8. The second-order valence-corrected chi connectivity index (χ2v) is 9.02. The summed E-state index contributed by atoms with van der Waals surface area (Å²) in [6.45, 7) is 0. The van der Waals surface area contributed by atoms with Crippen LogP contribution in [0.3, 0.4) is 0 Å². The number of nitrogens with zero attached hydrogens (tertiary/aromatic N) is 2. The van der Waals surface area contributed by atoms with Gasteiger partial charge >= 0.3 is 11.7 Å². The van der Waals surface area contributed by atoms with Gasteiger partial charge in [0.05, 0.1) is 16.8 Å². The van der Waals surface area contributed by atoms with Crippen LogP contribution in [-0.2, 0) is 14.1 Å². The van der Waals surface area contributed by atoms with E-state index in [2.05, 4.69) is 5.32 Å². The van der Waals surface area contributed by atoms with Crippen LogP contribution < -0.4 is 21.3 Å². The first-order chi connectivity index (χ1) is 17.9. The van der Waals surface area contributed by atoms with Gasteiger partial charge in [0.15, 0.2) is 5.78 Å². The number of carbonyl (C=O) groups excluding carboxylic acids is 2. The second-order valence-electron chi connectivity index (χ2n) is 9.02. The third kappa shape index (κ3) is 3.37. The summed E-state index contributed by atoms with van der Waals surface area (Å²) in [5, 5.41) is 3.21. The molecule has 1 atom stereocenters. The van der Waals surface area contributed by atoms with Gasteiger partial charge < -0.3 is 10.1 Å². The van der Waals surface area contributed by atoms with Crippen molar-refractivity contribution >= 4 is 23.3 Å². The van der Waals surface area contributed by atoms with Gasteiger partial charge in [-0.15, -0.1) is 0 Å². The van der Waals surface area contributed by atoms with Crippen LogP contribution in [0, 0.1) is 0 Å². The molecule has 6 rings (SSSR count). The number of aromatic nitrogens is 2. The highest BCUT2D eigenvalue weighted by atomic mass is 16.5. The molecule has 1 unspecified atom stereocenters. The number of ether oxygens (including phenoxy) is 1. The molecule has 2 heterocycles. The second kappa shape index (κ2) is 8.30. The highest BCUT2D eigenvalue weighted by molar-refractivity contribution is 6.23. The third-order valence-corrected chi connectivity index (χ3v) is 6.89. The molecule has 0 saturated heterocycles. The van der Waals surface area contributed by atoms with E-state index < -0.39 is 23.1 Å². The number of ketones is 1. The molecule has 0 radical (unpaired) electrons. The summed E-state index contributed by atoms with van der Waals surface area (Å²) in [5.41, 5.74) is 2.48. The number of anilines is 1. The van der Waals surface area contributed by atoms with E-state index in [0.29, 0.717) is 39.3 Å². The van der Waals surface area contributed by atoms with Gasteiger partial charge in [0, 0.05) is 36.7 Å². The molecule has 37 heavy (non-hydrogen) atoms. The van der Waals surface area contributed by atoms with Crippen molar-refractivity contribution in [1.82, 2.24) is 9.13 Å². The van der Waals surface area contributed by atoms with Crippen LogP contribution in [0.25, 0.3) is 5.70 Å². The van der Waals surface area contributed by atoms with Crippen LogP contribution in [-0.4, -0.2) is 20.9 Å². The summed E-state index contributed by atoms with van der Waals surface area (Å²) in [7, 11) is 2.99. The van der Waals surface area contributed by atoms with Crippen molar-refractivity contribution in [3.63, 3.8) is 0 Å². The Morgan fingerprint density at radius 3 is 2.30 bits per heavy atom. The Bertz CT molecular complexity index is 1780. The van der Waals surface area contributed by atoms with Crippen molar-refractivity contribution in [2.75, 3.05) is 5.32 Å². The summed E-state index contributed by atoms with van der Waals surface area (Å²) in [6, 6.07) is 22.6. The van der Waals surface area contributed by atoms with Gasteiger partial charge in [-0.2, -0.15) is 0 Å². The van der Waals surface area contributed by atoms with E-state index in [9.17, 15) is 19.2 Å². The first-order valence-corrected chi connectivity index (χ1v) is 11.7. The number of benzene rings is 3. The molecule has 1 aliphatic heterocycles. The molecule has 1 aliphatic carbocycles. The van der Waals surface area contributed by atoms with Gasteiger partial charge in [0.25, 0.3) is 5.56 Å². The SMILES string of the molecule is Cn1c2c(c(=O)n(C)c1=O)C(c1cccc(OC(=O)c3ccccc3)c1)C1=C(N2)c2ccccc2C1=O. The van der Waals surface area contributed by atoms with Crippen molar-refractivity contribution in [3.05, 3.63) is 133 Å². The number of fused-ring (bicyclic) bond motifs is 3. The Labute approximate surface area is 211 Å². The van der Waals surface area contributed by atoms with Gasteiger partial charge in [-0.05, 0) is 29.8 Å². The topological polar surface area (TPSA) is 99.4 Å². The molecule has 8 nitrogen and oxygen atoms in total. The Balaban J connectivity index is 1.54. The third-order valence-electron chi connectivity index (χ3n) is 6.89. The molecule has 0 spiro atoms. The molecule has 0 bridgehead atoms. The standard InChI is InChI=1S/C29H21N3O5/c1-31-26-23(27(34)32(2)29(31)36)21(22-24(30-26)19-13-6-7-14-20(19)25(22)33)17-11-8-12-18(15-17)37-28(35)16-9-4-3-5-10-16/h3-15,21,30H,1-2H3. The Kier molecular flexibility index (Phi) is 5.05. The first-order valence-electron chi connectivity index (χ1n) is 11.7. The van der Waals surface area contributed by atoms with E-state index in [1.54, 1.807) is 67.7 Å². The number of nitrogens with one attached hydrogen (secondary N) is 1. The fraction of sp³-hybridized carbons (Fsp3) is 0.103. The van der Waals surface area contributed by atoms with Gasteiger partial charge in [0.2, 0.25) is 0 Å². The van der Waals surface area contributed by atoms with Crippen molar-refractivity contribution in [1.29, 1.82) is 0 Å². The van der Waals surface area contributed by atoms with Crippen molar-refractivity contribution in [2.24, 2.45) is 14.1 Å². The van der Waals surface area contributed by atoms with Crippen LogP contribution >= 0.6 is 0 Å². The van der Waals surface area contributed by atoms with Crippen LogP contribution in [0.15, 0.2) is 94.0 Å². The summed E-state index contributed by atoms with van der Waals surface area (Å²) in [6.07, 6.45) is 0. The quantitative estimate of drug-likeness (QED) is 0.348. The monoisotopic (exact) mass is 491 g/mol. The zero-order valence-electron chi connectivity index (χ0n) is 20.0. The minimum atomic E-state index is -0.785. The summed E-state index contributed by atoms with van der Waals surface area (Å²) in [5.74, 6) is -0.902. The molecular weight excluding hydrogens is 470 g/mol. The molecule has 0 fully saturated rings. The van der Waals surface area contributed by atoms with E-state index in [1.807, 2.05) is 18.2 Å². The minimum absolute atomic E-state index is 0.198. The van der Waals surface area contributed by atoms with E-state index in [1.165, 1.54) is 11.6 Å². The molecular formula is C29H21N3O5. The van der Waals surface area contributed by atoms with Crippen molar-refractivity contribution in [2.45, 2.75) is 5.92 Å². The maximum absolute atomic E-state index is 13.7. The van der Waals surface area contributed by atoms with Crippen LogP contribution in [0.5, 0.6) is 5.75 Å². The normalized spacial score (nSPS) is 15.5. The highest BCUT2D eigenvalue weighted by Gasteiger charge is 2.42. The van der Waals surface area contributed by atoms with E-state index in [0.717, 1.165) is 4.57 Å². The summed E-state index contributed by atoms with van der Waals surface area (Å²) in [4.78, 5) is 52.6. The molecule has 2 aliphatic rings. The minimum Gasteiger partial charge on any atom is -0.423 e. The van der Waals surface area contributed by atoms with Crippen LogP contribution in [0.4, 0.5) is 5.82 Å². The van der Waals surface area contributed by atoms with E-state index >= 15 is 0 Å². The fourth-order valence-electron chi connectivity index (χ4n) is 5.09. The number of esters is 1. The predicted octanol–water partition coefficient (Wildman–Crippen LogP) is 3.47. The Morgan fingerprint density at radius 2 is 1.54 bits per heavy atom. The Hall–Kier alpha value is -4.98. The lowest BCUT2D eigenvalue weighted by Gasteiger charge is -2.29. The van der Waals surface area contributed by atoms with Crippen LogP contribution in [0.1, 0.15) is 43.3 Å². The van der Waals surface area contributed by atoms with Crippen molar-refractivity contribution in [3.8, 4) is 5.75 Å². The lowest BCUT2D eigenvalue weighted by Crippen LogP contribution is -2.42. The first kappa shape index (κ1) is 22.5. The maximum Gasteiger partial charge on any atom is 0.343 e. The summed E-state index contributed by atoms with van der Waals surface area (Å²) < 4.78 is 8.03. The molecule has 1 aromatic heterocycles. The molecule has 182 valence electrons. The zero-order valence-corrected chi connectivity index (χ0v) is 20.0. The van der Waals surface area contributed by atoms with Crippen LogP contribution in [0.2, 0.25) is 0 Å². The number of rotatable bonds is 3. The number of Topliss-reactive ketones (excluding diaryl/α,β-unsaturated/α-hetero) is 1. The van der Waals surface area contributed by atoms with E-state index in [-0.39, 0.29) is 17.1 Å². The maximum atomic E-state index is 13.7. The van der Waals surface area contributed by atoms with E-state index in [4.69, 9.17) is 4.74 Å². The fourth-order valence-corrected chi connectivity index (χ4v) is 5.09.